The van der Waals surface area contributed by atoms with Crippen LogP contribution in [0, 0.1) is 11.3 Å². The van der Waals surface area contributed by atoms with Crippen LogP contribution in [0.1, 0.15) is 27.4 Å². The molecule has 0 saturated heterocycles. The number of nitrogens with one attached hydrogen (secondary N) is 1. The predicted octanol–water partition coefficient (Wildman–Crippen LogP) is 5.26. The molecule has 146 valence electrons. The van der Waals surface area contributed by atoms with Gasteiger partial charge in [0, 0.05) is 16.8 Å². The number of benzene rings is 3. The van der Waals surface area contributed by atoms with Crippen molar-refractivity contribution < 1.29 is 14.3 Å². The Kier molecular flexibility index (Phi) is 6.38. The second-order valence-corrected chi connectivity index (χ2v) is 6.64. The standard InChI is InChI=1S/C23H19ClN2O3/c1-28-17-9-11-19(22(13-17)29-2)23(27)26-16-8-10-18(21(24)12-16)20(14-25)15-6-4-3-5-7-15/h3-13,20H,1-2H3,(H,26,27). The van der Waals surface area contributed by atoms with E-state index in [9.17, 15) is 10.1 Å². The lowest BCUT2D eigenvalue weighted by atomic mass is 9.92. The van der Waals surface area contributed by atoms with E-state index in [4.69, 9.17) is 21.1 Å². The highest BCUT2D eigenvalue weighted by atomic mass is 35.5. The number of methoxy groups -OCH3 is 2. The van der Waals surface area contributed by atoms with Crippen molar-refractivity contribution >= 4 is 23.2 Å². The van der Waals surface area contributed by atoms with Gasteiger partial charge in [0.25, 0.3) is 5.91 Å². The molecule has 1 atom stereocenters. The molecule has 0 aliphatic heterocycles. The first-order chi connectivity index (χ1) is 14.1. The Balaban J connectivity index is 1.84. The van der Waals surface area contributed by atoms with E-state index in [-0.39, 0.29) is 5.91 Å². The summed E-state index contributed by atoms with van der Waals surface area (Å²) in [4.78, 5) is 12.7. The van der Waals surface area contributed by atoms with Crippen LogP contribution in [0.4, 0.5) is 5.69 Å². The minimum atomic E-state index is -0.491. The Morgan fingerprint density at radius 1 is 1.03 bits per heavy atom. The second-order valence-electron chi connectivity index (χ2n) is 6.23. The van der Waals surface area contributed by atoms with Crippen LogP contribution in [0.3, 0.4) is 0 Å². The van der Waals surface area contributed by atoms with Gasteiger partial charge in [-0.05, 0) is 35.4 Å². The smallest absolute Gasteiger partial charge is 0.259 e. The third-order valence-electron chi connectivity index (χ3n) is 4.48. The third-order valence-corrected chi connectivity index (χ3v) is 4.81. The van der Waals surface area contributed by atoms with Crippen LogP contribution in [0.2, 0.25) is 5.02 Å². The summed E-state index contributed by atoms with van der Waals surface area (Å²) in [6.45, 7) is 0. The second kappa shape index (κ2) is 9.13. The van der Waals surface area contributed by atoms with Crippen LogP contribution in [0.5, 0.6) is 11.5 Å². The van der Waals surface area contributed by atoms with Gasteiger partial charge < -0.3 is 14.8 Å². The van der Waals surface area contributed by atoms with Gasteiger partial charge in [-0.15, -0.1) is 0 Å². The van der Waals surface area contributed by atoms with Crippen LogP contribution in [-0.2, 0) is 0 Å². The van der Waals surface area contributed by atoms with Gasteiger partial charge in [-0.3, -0.25) is 4.79 Å². The van der Waals surface area contributed by atoms with Gasteiger partial charge in [-0.25, -0.2) is 0 Å². The Hall–Kier alpha value is -3.49. The van der Waals surface area contributed by atoms with E-state index in [1.165, 1.54) is 7.11 Å². The lowest BCUT2D eigenvalue weighted by molar-refractivity contribution is 0.102. The number of halogens is 1. The first-order valence-corrected chi connectivity index (χ1v) is 9.22. The minimum absolute atomic E-state index is 0.340. The fourth-order valence-corrected chi connectivity index (χ4v) is 3.28. The van der Waals surface area contributed by atoms with E-state index in [1.807, 2.05) is 30.3 Å². The van der Waals surface area contributed by atoms with Crippen molar-refractivity contribution in [1.82, 2.24) is 0 Å². The monoisotopic (exact) mass is 406 g/mol. The van der Waals surface area contributed by atoms with Gasteiger partial charge in [0.15, 0.2) is 0 Å². The molecule has 1 amide bonds. The van der Waals surface area contributed by atoms with Crippen LogP contribution in [-0.4, -0.2) is 20.1 Å². The van der Waals surface area contributed by atoms with Gasteiger partial charge >= 0.3 is 0 Å². The number of ether oxygens (including phenoxy) is 2. The number of nitrogens with zero attached hydrogens (tertiary/aromatic N) is 1. The van der Waals surface area contributed by atoms with Crippen molar-refractivity contribution in [3.63, 3.8) is 0 Å². The van der Waals surface area contributed by atoms with Gasteiger partial charge in [-0.2, -0.15) is 5.26 Å². The summed E-state index contributed by atoms with van der Waals surface area (Å²) in [7, 11) is 3.03. The van der Waals surface area contributed by atoms with Gasteiger partial charge in [0.2, 0.25) is 0 Å². The Labute approximate surface area is 174 Å². The van der Waals surface area contributed by atoms with Crippen molar-refractivity contribution in [3.05, 3.63) is 88.4 Å². The fraction of sp³-hybridized carbons (Fsp3) is 0.130. The maximum absolute atomic E-state index is 12.7. The zero-order valence-electron chi connectivity index (χ0n) is 16.0. The quantitative estimate of drug-likeness (QED) is 0.605. The number of carbonyl (C=O) groups is 1. The lowest BCUT2D eigenvalue weighted by Crippen LogP contribution is -2.13. The number of anilines is 1. The molecule has 29 heavy (non-hydrogen) atoms. The molecule has 5 nitrogen and oxygen atoms in total. The van der Waals surface area contributed by atoms with Gasteiger partial charge in [-0.1, -0.05) is 48.0 Å². The first-order valence-electron chi connectivity index (χ1n) is 8.84. The van der Waals surface area contributed by atoms with Crippen LogP contribution in [0.15, 0.2) is 66.7 Å². The van der Waals surface area contributed by atoms with Gasteiger partial charge in [0.1, 0.15) is 11.5 Å². The molecule has 0 heterocycles. The summed E-state index contributed by atoms with van der Waals surface area (Å²) in [5.74, 6) is 0.163. The first kappa shape index (κ1) is 20.2. The van der Waals surface area contributed by atoms with E-state index in [0.717, 1.165) is 5.56 Å². The fourth-order valence-electron chi connectivity index (χ4n) is 2.99. The highest BCUT2D eigenvalue weighted by Crippen LogP contribution is 2.32. The molecule has 0 fully saturated rings. The molecule has 0 bridgehead atoms. The predicted molar refractivity (Wildman–Crippen MR) is 113 cm³/mol. The van der Waals surface area contributed by atoms with Crippen LogP contribution >= 0.6 is 11.6 Å². The Morgan fingerprint density at radius 2 is 1.79 bits per heavy atom. The van der Waals surface area contributed by atoms with E-state index in [1.54, 1.807) is 43.5 Å². The van der Waals surface area contributed by atoms with E-state index >= 15 is 0 Å². The van der Waals surface area contributed by atoms with Crippen LogP contribution < -0.4 is 14.8 Å². The maximum Gasteiger partial charge on any atom is 0.259 e. The molecule has 0 spiro atoms. The molecular formula is C23H19ClN2O3. The van der Waals surface area contributed by atoms with Crippen molar-refractivity contribution in [2.75, 3.05) is 19.5 Å². The summed E-state index contributed by atoms with van der Waals surface area (Å²) < 4.78 is 10.4. The molecule has 3 aromatic carbocycles. The zero-order valence-corrected chi connectivity index (χ0v) is 16.7. The molecule has 1 unspecified atom stereocenters. The molecule has 0 saturated carbocycles. The highest BCUT2D eigenvalue weighted by molar-refractivity contribution is 6.32. The maximum atomic E-state index is 12.7. The number of amides is 1. The summed E-state index contributed by atoms with van der Waals surface area (Å²) in [5.41, 5.74) is 2.43. The molecule has 0 aliphatic rings. The van der Waals surface area contributed by atoms with Gasteiger partial charge in [0.05, 0.1) is 31.8 Å². The number of carbonyl (C=O) groups excluding carboxylic acids is 1. The summed E-state index contributed by atoms with van der Waals surface area (Å²) in [6.07, 6.45) is 0. The lowest BCUT2D eigenvalue weighted by Gasteiger charge is -2.14. The normalized spacial score (nSPS) is 11.2. The number of nitriles is 1. The number of rotatable bonds is 6. The molecule has 0 aliphatic carbocycles. The van der Waals surface area contributed by atoms with E-state index < -0.39 is 5.92 Å². The summed E-state index contributed by atoms with van der Waals surface area (Å²) in [6, 6.07) is 21.8. The molecule has 3 rings (SSSR count). The van der Waals surface area contributed by atoms with Crippen molar-refractivity contribution in [1.29, 1.82) is 5.26 Å². The molecule has 6 heteroatoms. The van der Waals surface area contributed by atoms with Crippen molar-refractivity contribution in [3.8, 4) is 17.6 Å². The number of hydrogen-bond acceptors (Lipinski definition) is 4. The summed E-state index contributed by atoms with van der Waals surface area (Å²) >= 11 is 6.44. The topological polar surface area (TPSA) is 71.3 Å². The average Bonchev–Trinajstić information content (AvgIpc) is 2.75. The molecular weight excluding hydrogens is 388 g/mol. The Morgan fingerprint density at radius 3 is 2.41 bits per heavy atom. The highest BCUT2D eigenvalue weighted by Gasteiger charge is 2.18. The van der Waals surface area contributed by atoms with Crippen molar-refractivity contribution in [2.24, 2.45) is 0 Å². The SMILES string of the molecule is COc1ccc(C(=O)Nc2ccc(C(C#N)c3ccccc3)c(Cl)c2)c(OC)c1. The molecule has 0 aromatic heterocycles. The van der Waals surface area contributed by atoms with Crippen molar-refractivity contribution in [2.45, 2.75) is 5.92 Å². The van der Waals surface area contributed by atoms with E-state index in [2.05, 4.69) is 11.4 Å². The summed E-state index contributed by atoms with van der Waals surface area (Å²) in [5, 5.41) is 12.8. The Bertz CT molecular complexity index is 1060. The van der Waals surface area contributed by atoms with E-state index in [0.29, 0.717) is 33.3 Å². The third kappa shape index (κ3) is 4.50. The van der Waals surface area contributed by atoms with Crippen LogP contribution in [0.25, 0.3) is 0 Å². The average molecular weight is 407 g/mol. The molecule has 1 N–H and O–H groups in total. The number of hydrogen-bond donors (Lipinski definition) is 1. The molecule has 0 radical (unpaired) electrons. The molecule has 3 aromatic rings. The minimum Gasteiger partial charge on any atom is -0.497 e. The largest absolute Gasteiger partial charge is 0.497 e. The zero-order chi connectivity index (χ0) is 20.8.